The van der Waals surface area contributed by atoms with Crippen LogP contribution in [0.25, 0.3) is 0 Å². The summed E-state index contributed by atoms with van der Waals surface area (Å²) in [5, 5.41) is 6.40. The minimum atomic E-state index is -4.18. The number of guanidine groups is 1. The van der Waals surface area contributed by atoms with Gasteiger partial charge in [-0.05, 0) is 38.2 Å². The molecule has 1 aromatic carbocycles. The van der Waals surface area contributed by atoms with Crippen LogP contribution in [0.2, 0.25) is 0 Å². The number of nitrogens with zero attached hydrogens (tertiary/aromatic N) is 3. The monoisotopic (exact) mass is 389 g/mol. The van der Waals surface area contributed by atoms with E-state index in [0.29, 0.717) is 32.0 Å². The van der Waals surface area contributed by atoms with E-state index >= 15 is 0 Å². The Bertz CT molecular complexity index is 615. The van der Waals surface area contributed by atoms with E-state index in [2.05, 4.69) is 15.6 Å². The van der Waals surface area contributed by atoms with E-state index in [9.17, 15) is 17.6 Å². The first-order valence-corrected chi connectivity index (χ1v) is 8.86. The molecule has 0 spiro atoms. The van der Waals surface area contributed by atoms with Crippen molar-refractivity contribution in [2.24, 2.45) is 4.99 Å². The van der Waals surface area contributed by atoms with E-state index in [1.54, 1.807) is 19.2 Å². The fourth-order valence-electron chi connectivity index (χ4n) is 3.21. The fourth-order valence-corrected chi connectivity index (χ4v) is 3.21. The third-order valence-electron chi connectivity index (χ3n) is 4.58. The van der Waals surface area contributed by atoms with Gasteiger partial charge in [0, 0.05) is 32.7 Å². The van der Waals surface area contributed by atoms with E-state index in [0.717, 1.165) is 5.56 Å². The van der Waals surface area contributed by atoms with Crippen molar-refractivity contribution >= 4 is 5.96 Å². The van der Waals surface area contributed by atoms with Crippen molar-refractivity contribution in [1.82, 2.24) is 20.4 Å². The van der Waals surface area contributed by atoms with E-state index in [-0.39, 0.29) is 17.9 Å². The van der Waals surface area contributed by atoms with Gasteiger partial charge in [0.1, 0.15) is 5.82 Å². The van der Waals surface area contributed by atoms with Crippen LogP contribution in [-0.4, -0.2) is 75.3 Å². The number of likely N-dealkylation sites (tertiary alicyclic amines) is 1. The van der Waals surface area contributed by atoms with Crippen LogP contribution < -0.4 is 10.6 Å². The lowest BCUT2D eigenvalue weighted by Gasteiger charge is -2.27. The number of rotatable bonds is 6. The molecule has 0 amide bonds. The molecule has 0 saturated carbocycles. The van der Waals surface area contributed by atoms with Crippen LogP contribution in [0.5, 0.6) is 0 Å². The second-order valence-electron chi connectivity index (χ2n) is 6.96. The first-order valence-electron chi connectivity index (χ1n) is 8.86. The molecule has 0 radical (unpaired) electrons. The van der Waals surface area contributed by atoms with Crippen LogP contribution in [0.4, 0.5) is 17.6 Å². The summed E-state index contributed by atoms with van der Waals surface area (Å²) in [6, 6.07) is 6.24. The first-order chi connectivity index (χ1) is 12.7. The normalized spacial score (nSPS) is 20.1. The van der Waals surface area contributed by atoms with Crippen molar-refractivity contribution < 1.29 is 17.6 Å². The molecule has 27 heavy (non-hydrogen) atoms. The maximum atomic E-state index is 13.1. The molecule has 152 valence electrons. The molecule has 0 aromatic heterocycles. The Labute approximate surface area is 157 Å². The highest BCUT2D eigenvalue weighted by Crippen LogP contribution is 2.20. The lowest BCUT2D eigenvalue weighted by atomic mass is 10.1. The molecular weight excluding hydrogens is 362 g/mol. The number of alkyl halides is 3. The van der Waals surface area contributed by atoms with Gasteiger partial charge in [0.15, 0.2) is 5.96 Å². The summed E-state index contributed by atoms with van der Waals surface area (Å²) in [4.78, 5) is 7.57. The molecule has 2 unspecified atom stereocenters. The molecule has 9 heteroatoms. The molecular formula is C18H27F4N5. The Morgan fingerprint density at radius 2 is 1.96 bits per heavy atom. The van der Waals surface area contributed by atoms with Gasteiger partial charge in [-0.15, -0.1) is 0 Å². The summed E-state index contributed by atoms with van der Waals surface area (Å²) >= 11 is 0. The quantitative estimate of drug-likeness (QED) is 0.445. The molecule has 2 atom stereocenters. The number of hydrogen-bond acceptors (Lipinski definition) is 3. The van der Waals surface area contributed by atoms with Crippen molar-refractivity contribution in [2.45, 2.75) is 24.7 Å². The second-order valence-corrected chi connectivity index (χ2v) is 6.96. The minimum absolute atomic E-state index is 0.00513. The average molecular weight is 389 g/mol. The van der Waals surface area contributed by atoms with Crippen LogP contribution in [-0.2, 0) is 0 Å². The summed E-state index contributed by atoms with van der Waals surface area (Å²) < 4.78 is 50.7. The van der Waals surface area contributed by atoms with Crippen molar-refractivity contribution in [3.8, 4) is 0 Å². The standard InChI is InChI=1S/C18H27F4N5/c1-23-17(25-15-8-9-27(11-15)12-18(20,21)22)24-10-16(26(2)3)13-4-6-14(19)7-5-13/h4-7,15-16H,8-12H2,1-3H3,(H2,23,24,25). The van der Waals surface area contributed by atoms with Gasteiger partial charge in [-0.3, -0.25) is 9.89 Å². The van der Waals surface area contributed by atoms with Crippen LogP contribution in [0, 0.1) is 5.82 Å². The van der Waals surface area contributed by atoms with Crippen LogP contribution in [0.3, 0.4) is 0 Å². The summed E-state index contributed by atoms with van der Waals surface area (Å²) in [6.07, 6.45) is -3.55. The molecule has 0 aliphatic carbocycles. The van der Waals surface area contributed by atoms with Gasteiger partial charge < -0.3 is 15.5 Å². The Balaban J connectivity index is 1.88. The van der Waals surface area contributed by atoms with Crippen LogP contribution in [0.1, 0.15) is 18.0 Å². The molecule has 2 N–H and O–H groups in total. The zero-order valence-electron chi connectivity index (χ0n) is 15.9. The fraction of sp³-hybridized carbons (Fsp3) is 0.611. The minimum Gasteiger partial charge on any atom is -0.354 e. The Morgan fingerprint density at radius 1 is 1.30 bits per heavy atom. The van der Waals surface area contributed by atoms with Gasteiger partial charge in [-0.2, -0.15) is 13.2 Å². The predicted octanol–water partition coefficient (Wildman–Crippen LogP) is 2.23. The molecule has 1 aromatic rings. The highest BCUT2D eigenvalue weighted by Gasteiger charge is 2.34. The first kappa shape index (κ1) is 21.4. The van der Waals surface area contributed by atoms with Crippen molar-refractivity contribution in [3.05, 3.63) is 35.6 Å². The van der Waals surface area contributed by atoms with Gasteiger partial charge in [0.25, 0.3) is 0 Å². The van der Waals surface area contributed by atoms with Gasteiger partial charge in [0.2, 0.25) is 0 Å². The number of halogens is 4. The Hall–Kier alpha value is -1.87. The zero-order valence-corrected chi connectivity index (χ0v) is 15.9. The molecule has 1 heterocycles. The predicted molar refractivity (Wildman–Crippen MR) is 98.2 cm³/mol. The number of nitrogens with one attached hydrogen (secondary N) is 2. The zero-order chi connectivity index (χ0) is 20.0. The highest BCUT2D eigenvalue weighted by molar-refractivity contribution is 5.80. The summed E-state index contributed by atoms with van der Waals surface area (Å²) in [6.45, 7) is 0.376. The largest absolute Gasteiger partial charge is 0.401 e. The van der Waals surface area contributed by atoms with E-state index in [1.807, 2.05) is 19.0 Å². The Kier molecular flexibility index (Phi) is 7.43. The molecule has 0 bridgehead atoms. The lowest BCUT2D eigenvalue weighted by Crippen LogP contribution is -2.47. The van der Waals surface area contributed by atoms with Crippen LogP contribution >= 0.6 is 0 Å². The smallest absolute Gasteiger partial charge is 0.354 e. The Morgan fingerprint density at radius 3 is 2.52 bits per heavy atom. The van der Waals surface area contributed by atoms with Gasteiger partial charge in [-0.25, -0.2) is 4.39 Å². The lowest BCUT2D eigenvalue weighted by molar-refractivity contribution is -0.143. The van der Waals surface area contributed by atoms with Crippen molar-refractivity contribution in [3.63, 3.8) is 0 Å². The number of benzene rings is 1. The van der Waals surface area contributed by atoms with Gasteiger partial charge in [0.05, 0.1) is 12.6 Å². The van der Waals surface area contributed by atoms with E-state index < -0.39 is 12.7 Å². The topological polar surface area (TPSA) is 42.9 Å². The van der Waals surface area contributed by atoms with Gasteiger partial charge in [-0.1, -0.05) is 12.1 Å². The molecule has 1 aliphatic heterocycles. The molecule has 1 saturated heterocycles. The number of likely N-dealkylation sites (N-methyl/N-ethyl adjacent to an activating group) is 1. The molecule has 2 rings (SSSR count). The summed E-state index contributed by atoms with van der Waals surface area (Å²) in [5.74, 6) is 0.258. The maximum absolute atomic E-state index is 13.1. The van der Waals surface area contributed by atoms with E-state index in [4.69, 9.17) is 0 Å². The van der Waals surface area contributed by atoms with Crippen molar-refractivity contribution in [1.29, 1.82) is 0 Å². The summed E-state index contributed by atoms with van der Waals surface area (Å²) in [7, 11) is 5.48. The highest BCUT2D eigenvalue weighted by atomic mass is 19.4. The third-order valence-corrected chi connectivity index (χ3v) is 4.58. The molecule has 1 fully saturated rings. The molecule has 1 aliphatic rings. The maximum Gasteiger partial charge on any atom is 0.401 e. The van der Waals surface area contributed by atoms with Crippen LogP contribution in [0.15, 0.2) is 29.3 Å². The van der Waals surface area contributed by atoms with Crippen molar-refractivity contribution in [2.75, 3.05) is 47.3 Å². The third kappa shape index (κ3) is 6.99. The number of hydrogen-bond donors (Lipinski definition) is 2. The summed E-state index contributed by atoms with van der Waals surface area (Å²) in [5.41, 5.74) is 0.960. The second kappa shape index (κ2) is 9.36. The SMILES string of the molecule is CN=C(NCC(c1ccc(F)cc1)N(C)C)NC1CCN(CC(F)(F)F)C1. The molecule has 5 nitrogen and oxygen atoms in total. The average Bonchev–Trinajstić information content (AvgIpc) is 3.00. The number of aliphatic imine (C=N–C) groups is 1. The van der Waals surface area contributed by atoms with Gasteiger partial charge >= 0.3 is 6.18 Å². The van der Waals surface area contributed by atoms with E-state index in [1.165, 1.54) is 17.0 Å².